The van der Waals surface area contributed by atoms with Gasteiger partial charge >= 0.3 is 0 Å². The monoisotopic (exact) mass is 266 g/mol. The van der Waals surface area contributed by atoms with Crippen molar-refractivity contribution in [2.24, 2.45) is 5.73 Å². The number of hydrogen-bond acceptors (Lipinski definition) is 3. The SMILES string of the molecule is Cc1cc(Br)cc(-c2cc(CN)on2)c1. The Balaban J connectivity index is 2.44. The number of nitrogens with zero attached hydrogens (tertiary/aromatic N) is 1. The Morgan fingerprint density at radius 3 is 2.73 bits per heavy atom. The highest BCUT2D eigenvalue weighted by Crippen LogP contribution is 2.24. The molecule has 0 bridgehead atoms. The van der Waals surface area contributed by atoms with E-state index in [2.05, 4.69) is 27.2 Å². The Hall–Kier alpha value is -1.13. The lowest BCUT2D eigenvalue weighted by Gasteiger charge is -1.99. The van der Waals surface area contributed by atoms with Crippen molar-refractivity contribution in [2.45, 2.75) is 13.5 Å². The Kier molecular flexibility index (Phi) is 2.88. The number of hydrogen-bond donors (Lipinski definition) is 1. The lowest BCUT2D eigenvalue weighted by Crippen LogP contribution is -1.92. The van der Waals surface area contributed by atoms with Gasteiger partial charge in [0.25, 0.3) is 0 Å². The molecule has 0 saturated carbocycles. The molecule has 3 nitrogen and oxygen atoms in total. The Morgan fingerprint density at radius 2 is 2.13 bits per heavy atom. The summed E-state index contributed by atoms with van der Waals surface area (Å²) >= 11 is 3.45. The average Bonchev–Trinajstić information content (AvgIpc) is 2.64. The zero-order valence-corrected chi connectivity index (χ0v) is 9.91. The van der Waals surface area contributed by atoms with Crippen molar-refractivity contribution in [3.8, 4) is 11.3 Å². The van der Waals surface area contributed by atoms with Crippen molar-refractivity contribution in [1.29, 1.82) is 0 Å². The molecule has 1 heterocycles. The van der Waals surface area contributed by atoms with Crippen LogP contribution in [-0.2, 0) is 6.54 Å². The van der Waals surface area contributed by atoms with Crippen molar-refractivity contribution in [1.82, 2.24) is 5.16 Å². The van der Waals surface area contributed by atoms with Gasteiger partial charge in [0, 0.05) is 16.1 Å². The van der Waals surface area contributed by atoms with E-state index in [1.807, 2.05) is 25.1 Å². The van der Waals surface area contributed by atoms with Crippen LogP contribution in [0.2, 0.25) is 0 Å². The lowest BCUT2D eigenvalue weighted by molar-refractivity contribution is 0.387. The molecule has 0 saturated heterocycles. The summed E-state index contributed by atoms with van der Waals surface area (Å²) in [7, 11) is 0. The van der Waals surface area contributed by atoms with E-state index in [1.54, 1.807) is 0 Å². The predicted octanol–water partition coefficient (Wildman–Crippen LogP) is 2.87. The molecule has 78 valence electrons. The van der Waals surface area contributed by atoms with Crippen LogP contribution in [0.1, 0.15) is 11.3 Å². The smallest absolute Gasteiger partial charge is 0.150 e. The van der Waals surface area contributed by atoms with Gasteiger partial charge < -0.3 is 10.3 Å². The van der Waals surface area contributed by atoms with Crippen molar-refractivity contribution < 1.29 is 4.52 Å². The quantitative estimate of drug-likeness (QED) is 0.910. The fourth-order valence-corrected chi connectivity index (χ4v) is 2.04. The van der Waals surface area contributed by atoms with E-state index in [1.165, 1.54) is 5.56 Å². The molecule has 0 aliphatic heterocycles. The van der Waals surface area contributed by atoms with Crippen molar-refractivity contribution in [3.63, 3.8) is 0 Å². The summed E-state index contributed by atoms with van der Waals surface area (Å²) in [6.07, 6.45) is 0. The van der Waals surface area contributed by atoms with Crippen LogP contribution in [0.4, 0.5) is 0 Å². The third kappa shape index (κ3) is 2.27. The van der Waals surface area contributed by atoms with Crippen LogP contribution in [0, 0.1) is 6.92 Å². The summed E-state index contributed by atoms with van der Waals surface area (Å²) in [5.74, 6) is 0.697. The number of rotatable bonds is 2. The highest BCUT2D eigenvalue weighted by molar-refractivity contribution is 9.10. The zero-order valence-electron chi connectivity index (χ0n) is 8.33. The third-order valence-electron chi connectivity index (χ3n) is 2.10. The lowest BCUT2D eigenvalue weighted by atomic mass is 10.1. The Bertz CT molecular complexity index is 459. The molecule has 1 aromatic heterocycles. The van der Waals surface area contributed by atoms with Crippen LogP contribution in [0.15, 0.2) is 33.3 Å². The van der Waals surface area contributed by atoms with Gasteiger partial charge in [-0.2, -0.15) is 0 Å². The predicted molar refractivity (Wildman–Crippen MR) is 62.3 cm³/mol. The summed E-state index contributed by atoms with van der Waals surface area (Å²) in [4.78, 5) is 0. The first kappa shape index (κ1) is 10.4. The van der Waals surface area contributed by atoms with Gasteiger partial charge in [-0.05, 0) is 30.7 Å². The van der Waals surface area contributed by atoms with Crippen LogP contribution in [-0.4, -0.2) is 5.16 Å². The molecule has 0 unspecified atom stereocenters. The molecule has 2 aromatic rings. The molecule has 0 aliphatic carbocycles. The standard InChI is InChI=1S/C11H11BrN2O/c1-7-2-8(4-9(12)3-7)11-5-10(6-13)15-14-11/h2-5H,6,13H2,1H3. The topological polar surface area (TPSA) is 52.0 Å². The van der Waals surface area contributed by atoms with Gasteiger partial charge in [-0.1, -0.05) is 21.1 Å². The van der Waals surface area contributed by atoms with Crippen molar-refractivity contribution >= 4 is 15.9 Å². The molecule has 0 spiro atoms. The van der Waals surface area contributed by atoms with E-state index in [9.17, 15) is 0 Å². The summed E-state index contributed by atoms with van der Waals surface area (Å²) in [5, 5.41) is 3.96. The van der Waals surface area contributed by atoms with Crippen LogP contribution in [0.3, 0.4) is 0 Å². The molecule has 0 aliphatic rings. The number of aromatic nitrogens is 1. The van der Waals surface area contributed by atoms with Gasteiger partial charge in [-0.3, -0.25) is 0 Å². The van der Waals surface area contributed by atoms with E-state index >= 15 is 0 Å². The van der Waals surface area contributed by atoms with E-state index in [-0.39, 0.29) is 0 Å². The van der Waals surface area contributed by atoms with Crippen LogP contribution in [0.25, 0.3) is 11.3 Å². The summed E-state index contributed by atoms with van der Waals surface area (Å²) in [6.45, 7) is 2.41. The molecule has 1 aromatic carbocycles. The third-order valence-corrected chi connectivity index (χ3v) is 2.56. The van der Waals surface area contributed by atoms with E-state index < -0.39 is 0 Å². The largest absolute Gasteiger partial charge is 0.359 e. The normalized spacial score (nSPS) is 10.6. The maximum atomic E-state index is 5.46. The summed E-state index contributed by atoms with van der Waals surface area (Å²) in [5.41, 5.74) is 8.49. The van der Waals surface area contributed by atoms with E-state index in [4.69, 9.17) is 10.3 Å². The van der Waals surface area contributed by atoms with E-state index in [0.717, 1.165) is 15.7 Å². The fraction of sp³-hybridized carbons (Fsp3) is 0.182. The molecule has 15 heavy (non-hydrogen) atoms. The Morgan fingerprint density at radius 1 is 1.33 bits per heavy atom. The van der Waals surface area contributed by atoms with Crippen molar-refractivity contribution in [3.05, 3.63) is 40.1 Å². The van der Waals surface area contributed by atoms with Gasteiger partial charge in [0.15, 0.2) is 5.76 Å². The van der Waals surface area contributed by atoms with Gasteiger partial charge in [-0.25, -0.2) is 0 Å². The molecule has 0 radical (unpaired) electrons. The first-order valence-electron chi connectivity index (χ1n) is 4.62. The van der Waals surface area contributed by atoms with Gasteiger partial charge in [0.2, 0.25) is 0 Å². The second-order valence-corrected chi connectivity index (χ2v) is 4.32. The highest BCUT2D eigenvalue weighted by Gasteiger charge is 2.06. The maximum Gasteiger partial charge on any atom is 0.150 e. The van der Waals surface area contributed by atoms with Gasteiger partial charge in [-0.15, -0.1) is 0 Å². The molecular formula is C11H11BrN2O. The molecular weight excluding hydrogens is 256 g/mol. The fourth-order valence-electron chi connectivity index (χ4n) is 1.43. The average molecular weight is 267 g/mol. The number of aryl methyl sites for hydroxylation is 1. The zero-order chi connectivity index (χ0) is 10.8. The van der Waals surface area contributed by atoms with Crippen LogP contribution >= 0.6 is 15.9 Å². The molecule has 2 rings (SSSR count). The molecule has 0 fully saturated rings. The van der Waals surface area contributed by atoms with E-state index in [0.29, 0.717) is 12.3 Å². The Labute approximate surface area is 96.4 Å². The summed E-state index contributed by atoms with van der Waals surface area (Å²) in [6, 6.07) is 7.97. The molecule has 0 atom stereocenters. The molecule has 4 heteroatoms. The second kappa shape index (κ2) is 4.16. The van der Waals surface area contributed by atoms with Gasteiger partial charge in [0.05, 0.1) is 6.54 Å². The molecule has 0 amide bonds. The number of nitrogens with two attached hydrogens (primary N) is 1. The molecule has 2 N–H and O–H groups in total. The second-order valence-electron chi connectivity index (χ2n) is 3.40. The first-order chi connectivity index (χ1) is 7.19. The number of halogens is 1. The van der Waals surface area contributed by atoms with Gasteiger partial charge in [0.1, 0.15) is 5.69 Å². The van der Waals surface area contributed by atoms with Crippen molar-refractivity contribution in [2.75, 3.05) is 0 Å². The van der Waals surface area contributed by atoms with Crippen LogP contribution in [0.5, 0.6) is 0 Å². The summed E-state index contributed by atoms with van der Waals surface area (Å²) < 4.78 is 6.09. The number of benzene rings is 1. The first-order valence-corrected chi connectivity index (χ1v) is 5.41. The maximum absolute atomic E-state index is 5.46. The minimum Gasteiger partial charge on any atom is -0.359 e. The van der Waals surface area contributed by atoms with Crippen LogP contribution < -0.4 is 5.73 Å². The minimum atomic E-state index is 0.375. The highest BCUT2D eigenvalue weighted by atomic mass is 79.9. The minimum absolute atomic E-state index is 0.375.